The quantitative estimate of drug-likeness (QED) is 0.320. The molecular formula is C30H28N8O3S. The summed E-state index contributed by atoms with van der Waals surface area (Å²) in [4.78, 5) is 48.8. The van der Waals surface area contributed by atoms with Crippen molar-refractivity contribution >= 4 is 44.5 Å². The standard InChI is InChI=1S/C30H28N8O3S/c31-14-15-36(30(41)33-16-20-8-3-1-4-9-20)37-19-25(39)38-24(37)18-35(28(40)27(38)21-10-5-2-6-11-21)17-22-12-7-13-23-26(22)34-29(32)42-23/h1-13,24,27H,15-19H2,(H2,32,34)(H,33,41)/t24-,27+/m1/s1. The van der Waals surface area contributed by atoms with Gasteiger partial charge in [0.25, 0.3) is 5.91 Å². The molecule has 4 amide bonds. The van der Waals surface area contributed by atoms with E-state index in [-0.39, 0.29) is 44.5 Å². The van der Waals surface area contributed by atoms with Crippen LogP contribution in [-0.4, -0.2) is 68.4 Å². The highest BCUT2D eigenvalue weighted by molar-refractivity contribution is 7.22. The Balaban J connectivity index is 1.33. The van der Waals surface area contributed by atoms with Crippen molar-refractivity contribution in [2.75, 3.05) is 25.4 Å². The molecule has 2 saturated heterocycles. The van der Waals surface area contributed by atoms with Crippen molar-refractivity contribution in [2.24, 2.45) is 0 Å². The van der Waals surface area contributed by atoms with Crippen molar-refractivity contribution in [1.29, 1.82) is 5.26 Å². The molecule has 3 N–H and O–H groups in total. The first-order chi connectivity index (χ1) is 20.4. The first-order valence-electron chi connectivity index (χ1n) is 13.5. The molecule has 0 saturated carbocycles. The number of nitrogen functional groups attached to an aromatic ring is 1. The summed E-state index contributed by atoms with van der Waals surface area (Å²) in [5.74, 6) is -0.525. The van der Waals surface area contributed by atoms with Gasteiger partial charge in [0, 0.05) is 13.1 Å². The lowest BCUT2D eigenvalue weighted by Gasteiger charge is -2.46. The third-order valence-electron chi connectivity index (χ3n) is 7.50. The van der Waals surface area contributed by atoms with Crippen LogP contribution in [0, 0.1) is 11.3 Å². The van der Waals surface area contributed by atoms with Crippen LogP contribution < -0.4 is 11.1 Å². The van der Waals surface area contributed by atoms with Crippen molar-refractivity contribution in [3.63, 3.8) is 0 Å². The molecule has 2 aliphatic heterocycles. The number of anilines is 1. The molecule has 0 radical (unpaired) electrons. The average molecular weight is 581 g/mol. The molecule has 42 heavy (non-hydrogen) atoms. The number of rotatable bonds is 7. The number of urea groups is 1. The van der Waals surface area contributed by atoms with Crippen LogP contribution in [0.1, 0.15) is 22.7 Å². The van der Waals surface area contributed by atoms with Crippen LogP contribution in [0.2, 0.25) is 0 Å². The van der Waals surface area contributed by atoms with E-state index in [1.807, 2.05) is 78.9 Å². The van der Waals surface area contributed by atoms with Gasteiger partial charge in [0.2, 0.25) is 5.91 Å². The van der Waals surface area contributed by atoms with Gasteiger partial charge in [0.15, 0.2) is 5.13 Å². The van der Waals surface area contributed by atoms with Crippen LogP contribution >= 0.6 is 11.3 Å². The van der Waals surface area contributed by atoms with Crippen LogP contribution in [-0.2, 0) is 22.7 Å². The Morgan fingerprint density at radius 3 is 2.55 bits per heavy atom. The second-order valence-electron chi connectivity index (χ2n) is 10.1. The second kappa shape index (κ2) is 11.5. The number of nitrogens with one attached hydrogen (secondary N) is 1. The van der Waals surface area contributed by atoms with E-state index in [4.69, 9.17) is 5.73 Å². The van der Waals surface area contributed by atoms with E-state index in [1.165, 1.54) is 16.3 Å². The second-order valence-corrected chi connectivity index (χ2v) is 11.1. The summed E-state index contributed by atoms with van der Waals surface area (Å²) < 4.78 is 0.920. The molecule has 2 fully saturated rings. The number of hydrogen-bond acceptors (Lipinski definition) is 8. The number of nitrogens with two attached hydrogens (primary N) is 1. The number of nitriles is 1. The predicted molar refractivity (Wildman–Crippen MR) is 157 cm³/mol. The molecule has 2 atom stereocenters. The molecule has 4 aromatic rings. The lowest BCUT2D eigenvalue weighted by atomic mass is 10.00. The molecule has 0 spiro atoms. The topological polar surface area (TPSA) is 139 Å². The number of hydrogen-bond donors (Lipinski definition) is 2. The molecule has 212 valence electrons. The third kappa shape index (κ3) is 5.11. The fourth-order valence-corrected chi connectivity index (χ4v) is 6.39. The summed E-state index contributed by atoms with van der Waals surface area (Å²) >= 11 is 1.38. The normalized spacial score (nSPS) is 18.6. The van der Waals surface area contributed by atoms with Crippen molar-refractivity contribution in [3.05, 3.63) is 95.6 Å². The Bertz CT molecular complexity index is 1670. The molecule has 0 unspecified atom stereocenters. The van der Waals surface area contributed by atoms with Gasteiger partial charge in [-0.3, -0.25) is 9.59 Å². The molecule has 3 heterocycles. The Labute approximate surface area is 246 Å². The predicted octanol–water partition coefficient (Wildman–Crippen LogP) is 3.08. The largest absolute Gasteiger partial charge is 0.375 e. The molecule has 1 aromatic heterocycles. The minimum Gasteiger partial charge on any atom is -0.375 e. The minimum absolute atomic E-state index is 0.137. The van der Waals surface area contributed by atoms with Gasteiger partial charge in [-0.05, 0) is 22.8 Å². The maximum atomic E-state index is 14.1. The number of nitrogens with zero attached hydrogens (tertiary/aromatic N) is 6. The monoisotopic (exact) mass is 580 g/mol. The lowest BCUT2D eigenvalue weighted by molar-refractivity contribution is -0.158. The van der Waals surface area contributed by atoms with E-state index in [2.05, 4.69) is 16.4 Å². The maximum absolute atomic E-state index is 14.1. The molecule has 0 bridgehead atoms. The summed E-state index contributed by atoms with van der Waals surface area (Å²) in [7, 11) is 0. The zero-order valence-corrected chi connectivity index (χ0v) is 23.4. The van der Waals surface area contributed by atoms with Crippen LogP contribution in [0.5, 0.6) is 0 Å². The zero-order chi connectivity index (χ0) is 29.2. The summed E-state index contributed by atoms with van der Waals surface area (Å²) in [6.07, 6.45) is -0.670. The molecule has 3 aromatic carbocycles. The highest BCUT2D eigenvalue weighted by atomic mass is 32.1. The number of carbonyl (C=O) groups excluding carboxylic acids is 3. The third-order valence-corrected chi connectivity index (χ3v) is 8.35. The molecule has 2 aliphatic rings. The van der Waals surface area contributed by atoms with Crippen molar-refractivity contribution < 1.29 is 14.4 Å². The zero-order valence-electron chi connectivity index (χ0n) is 22.6. The van der Waals surface area contributed by atoms with Gasteiger partial charge in [-0.2, -0.15) is 10.3 Å². The Morgan fingerprint density at radius 2 is 1.81 bits per heavy atom. The van der Waals surface area contributed by atoms with Crippen LogP contribution in [0.4, 0.5) is 9.93 Å². The summed E-state index contributed by atoms with van der Waals surface area (Å²) in [6.45, 7) is 0.231. The molecular weight excluding hydrogens is 552 g/mol. The van der Waals surface area contributed by atoms with Crippen molar-refractivity contribution in [1.82, 2.24) is 30.1 Å². The van der Waals surface area contributed by atoms with Crippen LogP contribution in [0.3, 0.4) is 0 Å². The van der Waals surface area contributed by atoms with E-state index in [0.717, 1.165) is 21.3 Å². The molecule has 6 rings (SSSR count). The van der Waals surface area contributed by atoms with Crippen LogP contribution in [0.15, 0.2) is 78.9 Å². The molecule has 11 nitrogen and oxygen atoms in total. The number of thiazole rings is 1. The smallest absolute Gasteiger partial charge is 0.333 e. The number of carbonyl (C=O) groups is 3. The van der Waals surface area contributed by atoms with E-state index < -0.39 is 18.2 Å². The van der Waals surface area contributed by atoms with Gasteiger partial charge >= 0.3 is 6.03 Å². The summed E-state index contributed by atoms with van der Waals surface area (Å²) in [5.41, 5.74) is 9.12. The van der Waals surface area contributed by atoms with E-state index in [0.29, 0.717) is 10.7 Å². The number of benzene rings is 3. The van der Waals surface area contributed by atoms with Gasteiger partial charge in [-0.1, -0.05) is 84.1 Å². The van der Waals surface area contributed by atoms with Gasteiger partial charge in [-0.25, -0.2) is 14.8 Å². The number of aromatic nitrogens is 1. The highest BCUT2D eigenvalue weighted by Gasteiger charge is 2.52. The first kappa shape index (κ1) is 27.2. The molecule has 0 aliphatic carbocycles. The average Bonchev–Trinajstić information content (AvgIpc) is 3.55. The van der Waals surface area contributed by atoms with Gasteiger partial charge in [0.05, 0.1) is 29.4 Å². The summed E-state index contributed by atoms with van der Waals surface area (Å²) in [5, 5.41) is 15.8. The van der Waals surface area contributed by atoms with Gasteiger partial charge < -0.3 is 20.9 Å². The number of hydrazine groups is 1. The molecule has 12 heteroatoms. The Morgan fingerprint density at radius 1 is 1.07 bits per heavy atom. The van der Waals surface area contributed by atoms with Crippen molar-refractivity contribution in [2.45, 2.75) is 25.3 Å². The number of amides is 4. The number of fused-ring (bicyclic) bond motifs is 2. The van der Waals surface area contributed by atoms with E-state index in [1.54, 1.807) is 14.8 Å². The lowest BCUT2D eigenvalue weighted by Crippen LogP contribution is -2.62. The summed E-state index contributed by atoms with van der Waals surface area (Å²) in [6, 6.07) is 25.0. The van der Waals surface area contributed by atoms with Gasteiger partial charge in [0.1, 0.15) is 18.8 Å². The Hall–Kier alpha value is -4.99. The first-order valence-corrected chi connectivity index (χ1v) is 14.3. The van der Waals surface area contributed by atoms with Crippen LogP contribution in [0.25, 0.3) is 10.2 Å². The fraction of sp³-hybridized carbons (Fsp3) is 0.233. The SMILES string of the molecule is N#CCN(C(=O)NCc1ccccc1)N1CC(=O)N2[C@@H](c3ccccc3)C(=O)N(Cc3cccc4sc(N)nc34)C[C@@H]21. The van der Waals surface area contributed by atoms with E-state index in [9.17, 15) is 19.6 Å². The minimum atomic E-state index is -0.890. The number of piperazine rings is 1. The van der Waals surface area contributed by atoms with Crippen molar-refractivity contribution in [3.8, 4) is 6.07 Å². The maximum Gasteiger partial charge on any atom is 0.333 e. The fourth-order valence-electron chi connectivity index (χ4n) is 5.61. The highest BCUT2D eigenvalue weighted by Crippen LogP contribution is 2.37. The Kier molecular flexibility index (Phi) is 7.43. The van der Waals surface area contributed by atoms with E-state index >= 15 is 0 Å². The number of para-hydroxylation sites is 1. The van der Waals surface area contributed by atoms with Gasteiger partial charge in [-0.15, -0.1) is 0 Å².